The summed E-state index contributed by atoms with van der Waals surface area (Å²) in [5.41, 5.74) is 0.448. The minimum absolute atomic E-state index is 0.0346. The van der Waals surface area contributed by atoms with Gasteiger partial charge in [0.1, 0.15) is 11.4 Å². The average Bonchev–Trinajstić information content (AvgIpc) is 2.68. The van der Waals surface area contributed by atoms with E-state index in [1.165, 1.54) is 12.8 Å². The van der Waals surface area contributed by atoms with Gasteiger partial charge in [0.05, 0.1) is 9.26 Å². The maximum atomic E-state index is 12.3. The maximum absolute atomic E-state index is 12.3. The molecule has 118 valence electrons. The summed E-state index contributed by atoms with van der Waals surface area (Å²) in [6, 6.07) is 0. The Labute approximate surface area is 140 Å². The highest BCUT2D eigenvalue weighted by atomic mass is 127. The molecule has 0 saturated heterocycles. The molecule has 0 radical (unpaired) electrons. The molecule has 0 aromatic carbocycles. The predicted molar refractivity (Wildman–Crippen MR) is 92.7 cm³/mol. The molecular formula is C16H25IN2O2. The van der Waals surface area contributed by atoms with Crippen LogP contribution in [0.25, 0.3) is 0 Å². The Morgan fingerprint density at radius 2 is 1.90 bits per heavy atom. The first-order valence-electron chi connectivity index (χ1n) is 7.94. The van der Waals surface area contributed by atoms with E-state index in [0.29, 0.717) is 10.2 Å². The van der Waals surface area contributed by atoms with Crippen LogP contribution >= 0.6 is 22.6 Å². The van der Waals surface area contributed by atoms with E-state index in [0.717, 1.165) is 37.2 Å². The van der Waals surface area contributed by atoms with Crippen molar-refractivity contribution in [1.29, 1.82) is 0 Å². The van der Waals surface area contributed by atoms with Gasteiger partial charge in [-0.2, -0.15) is 0 Å². The molecule has 1 aliphatic rings. The van der Waals surface area contributed by atoms with Crippen LogP contribution in [-0.2, 0) is 10.3 Å². The number of aromatic nitrogens is 2. The van der Waals surface area contributed by atoms with Gasteiger partial charge in [0.2, 0.25) is 0 Å². The number of rotatable bonds is 4. The van der Waals surface area contributed by atoms with Gasteiger partial charge in [0.15, 0.2) is 0 Å². The van der Waals surface area contributed by atoms with Gasteiger partial charge in [-0.3, -0.25) is 4.79 Å². The molecule has 1 aromatic heterocycles. The molecule has 0 unspecified atom stereocenters. The lowest BCUT2D eigenvalue weighted by atomic mass is 9.92. The normalized spacial score (nSPS) is 18.7. The lowest BCUT2D eigenvalue weighted by molar-refractivity contribution is -0.0628. The number of aromatic amines is 1. The summed E-state index contributed by atoms with van der Waals surface area (Å²) in [5, 5.41) is 0. The van der Waals surface area contributed by atoms with Crippen molar-refractivity contribution in [1.82, 2.24) is 9.97 Å². The third kappa shape index (κ3) is 3.67. The molecule has 0 spiro atoms. The molecule has 1 N–H and O–H groups in total. The van der Waals surface area contributed by atoms with Crippen LogP contribution in [0, 0.1) is 3.57 Å². The van der Waals surface area contributed by atoms with E-state index in [2.05, 4.69) is 41.4 Å². The molecule has 0 aliphatic heterocycles. The van der Waals surface area contributed by atoms with Crippen LogP contribution in [-0.4, -0.2) is 16.6 Å². The number of hydrogen-bond donors (Lipinski definition) is 1. The fourth-order valence-corrected chi connectivity index (χ4v) is 3.98. The monoisotopic (exact) mass is 404 g/mol. The first-order chi connectivity index (χ1) is 10.00. The van der Waals surface area contributed by atoms with Gasteiger partial charge >= 0.3 is 0 Å². The minimum atomic E-state index is -0.404. The van der Waals surface area contributed by atoms with Crippen molar-refractivity contribution in [2.45, 2.75) is 70.8 Å². The number of ether oxygens (including phenoxy) is 1. The summed E-state index contributed by atoms with van der Waals surface area (Å²) in [4.78, 5) is 20.1. The summed E-state index contributed by atoms with van der Waals surface area (Å²) in [5.74, 6) is 0.975. The van der Waals surface area contributed by atoms with E-state index in [1.807, 2.05) is 6.92 Å². The van der Waals surface area contributed by atoms with Crippen LogP contribution in [0.3, 0.4) is 0 Å². The van der Waals surface area contributed by atoms with Crippen LogP contribution in [0.2, 0.25) is 0 Å². The van der Waals surface area contributed by atoms with Crippen molar-refractivity contribution in [2.75, 3.05) is 6.61 Å². The fraction of sp³-hybridized carbons (Fsp3) is 0.750. The molecule has 2 rings (SSSR count). The van der Waals surface area contributed by atoms with Gasteiger partial charge in [-0.05, 0) is 48.3 Å². The molecule has 5 heteroatoms. The molecule has 1 saturated carbocycles. The zero-order valence-electron chi connectivity index (χ0n) is 13.2. The topological polar surface area (TPSA) is 55.0 Å². The van der Waals surface area contributed by atoms with Crippen LogP contribution < -0.4 is 5.56 Å². The smallest absolute Gasteiger partial charge is 0.264 e. The van der Waals surface area contributed by atoms with Crippen molar-refractivity contribution in [2.24, 2.45) is 0 Å². The van der Waals surface area contributed by atoms with Gasteiger partial charge in [-0.15, -0.1) is 0 Å². The lowest BCUT2D eigenvalue weighted by Crippen LogP contribution is -2.35. The van der Waals surface area contributed by atoms with E-state index < -0.39 is 5.60 Å². The van der Waals surface area contributed by atoms with Gasteiger partial charge < -0.3 is 9.72 Å². The van der Waals surface area contributed by atoms with Crippen LogP contribution in [0.15, 0.2) is 4.79 Å². The SMILES string of the molecule is CCOC1(c2nc(C(C)C)c(I)c(=O)[nH]2)CCCCCC1. The Morgan fingerprint density at radius 1 is 1.29 bits per heavy atom. The predicted octanol–water partition coefficient (Wildman–Crippen LogP) is 4.08. The Hall–Kier alpha value is -0.430. The zero-order valence-corrected chi connectivity index (χ0v) is 15.3. The van der Waals surface area contributed by atoms with E-state index in [9.17, 15) is 4.79 Å². The standard InChI is InChI=1S/C16H25IN2O2/c1-4-21-16(9-7-5-6-8-10-16)15-18-13(11(2)3)12(17)14(20)19-15/h11H,4-10H2,1-3H3,(H,18,19,20). The highest BCUT2D eigenvalue weighted by molar-refractivity contribution is 14.1. The molecule has 0 bridgehead atoms. The summed E-state index contributed by atoms with van der Waals surface area (Å²) in [6.07, 6.45) is 6.63. The van der Waals surface area contributed by atoms with Crippen LogP contribution in [0.5, 0.6) is 0 Å². The molecule has 4 nitrogen and oxygen atoms in total. The van der Waals surface area contributed by atoms with Crippen molar-refractivity contribution >= 4 is 22.6 Å². The summed E-state index contributed by atoms with van der Waals surface area (Å²) in [7, 11) is 0. The largest absolute Gasteiger partial charge is 0.367 e. The summed E-state index contributed by atoms with van der Waals surface area (Å²) < 4.78 is 6.83. The number of H-pyrrole nitrogens is 1. The molecule has 1 aliphatic carbocycles. The highest BCUT2D eigenvalue weighted by Gasteiger charge is 2.36. The second-order valence-corrected chi connectivity index (χ2v) is 7.19. The molecule has 0 atom stereocenters. The molecule has 1 fully saturated rings. The number of hydrogen-bond acceptors (Lipinski definition) is 3. The second kappa shape index (κ2) is 7.22. The summed E-state index contributed by atoms with van der Waals surface area (Å²) >= 11 is 2.09. The van der Waals surface area contributed by atoms with E-state index in [4.69, 9.17) is 9.72 Å². The Morgan fingerprint density at radius 3 is 2.43 bits per heavy atom. The van der Waals surface area contributed by atoms with Crippen molar-refractivity contribution in [3.05, 3.63) is 25.4 Å². The van der Waals surface area contributed by atoms with Crippen LogP contribution in [0.4, 0.5) is 0 Å². The van der Waals surface area contributed by atoms with Crippen molar-refractivity contribution in [3.8, 4) is 0 Å². The Bertz CT molecular complexity index is 532. The number of nitrogens with one attached hydrogen (secondary N) is 1. The lowest BCUT2D eigenvalue weighted by Gasteiger charge is -2.32. The fourth-order valence-electron chi connectivity index (χ4n) is 3.10. The van der Waals surface area contributed by atoms with Gasteiger partial charge in [0.25, 0.3) is 5.56 Å². The van der Waals surface area contributed by atoms with Crippen molar-refractivity contribution in [3.63, 3.8) is 0 Å². The minimum Gasteiger partial charge on any atom is -0.367 e. The highest BCUT2D eigenvalue weighted by Crippen LogP contribution is 2.38. The molecule has 1 heterocycles. The number of nitrogens with zero attached hydrogens (tertiary/aromatic N) is 1. The maximum Gasteiger partial charge on any atom is 0.264 e. The van der Waals surface area contributed by atoms with Crippen LogP contribution in [0.1, 0.15) is 76.7 Å². The van der Waals surface area contributed by atoms with E-state index in [-0.39, 0.29) is 11.5 Å². The van der Waals surface area contributed by atoms with Crippen molar-refractivity contribution < 1.29 is 4.74 Å². The Balaban J connectivity index is 2.52. The first kappa shape index (κ1) is 16.9. The molecule has 21 heavy (non-hydrogen) atoms. The zero-order chi connectivity index (χ0) is 15.5. The third-order valence-corrected chi connectivity index (χ3v) is 5.24. The number of halogens is 1. The molecule has 1 aromatic rings. The molecule has 0 amide bonds. The average molecular weight is 404 g/mol. The van der Waals surface area contributed by atoms with Gasteiger partial charge in [-0.1, -0.05) is 39.5 Å². The third-order valence-electron chi connectivity index (χ3n) is 4.20. The quantitative estimate of drug-likeness (QED) is 0.608. The van der Waals surface area contributed by atoms with Gasteiger partial charge in [0, 0.05) is 6.61 Å². The van der Waals surface area contributed by atoms with Gasteiger partial charge in [-0.25, -0.2) is 4.98 Å². The Kier molecular flexibility index (Phi) is 5.82. The van der Waals surface area contributed by atoms with E-state index >= 15 is 0 Å². The van der Waals surface area contributed by atoms with E-state index in [1.54, 1.807) is 0 Å². The summed E-state index contributed by atoms with van der Waals surface area (Å²) in [6.45, 7) is 6.82. The second-order valence-electron chi connectivity index (χ2n) is 6.11. The first-order valence-corrected chi connectivity index (χ1v) is 9.02. The molecular weight excluding hydrogens is 379 g/mol.